The van der Waals surface area contributed by atoms with Crippen LogP contribution in [0.15, 0.2) is 42.5 Å². The van der Waals surface area contributed by atoms with Crippen LogP contribution in [-0.2, 0) is 9.59 Å². The third-order valence-corrected chi connectivity index (χ3v) is 3.78. The number of ether oxygens (including phenoxy) is 2. The highest BCUT2D eigenvalue weighted by Crippen LogP contribution is 2.32. The second kappa shape index (κ2) is 7.26. The first-order valence-corrected chi connectivity index (χ1v) is 7.90. The molecule has 0 radical (unpaired) electrons. The van der Waals surface area contributed by atoms with Gasteiger partial charge in [-0.1, -0.05) is 6.07 Å². The maximum atomic E-state index is 13.6. The molecule has 1 heterocycles. The average Bonchev–Trinajstić information content (AvgIpc) is 2.61. The Labute approximate surface area is 149 Å². The van der Waals surface area contributed by atoms with Gasteiger partial charge < -0.3 is 20.1 Å². The number of amides is 2. The Balaban J connectivity index is 1.68. The molecule has 0 aromatic heterocycles. The van der Waals surface area contributed by atoms with Gasteiger partial charge in [-0.2, -0.15) is 0 Å². The maximum Gasteiger partial charge on any atom is 0.265 e. The van der Waals surface area contributed by atoms with E-state index in [4.69, 9.17) is 9.47 Å². The molecule has 0 fully saturated rings. The van der Waals surface area contributed by atoms with Gasteiger partial charge in [0.15, 0.2) is 17.7 Å². The Bertz CT molecular complexity index is 895. The summed E-state index contributed by atoms with van der Waals surface area (Å²) < 4.78 is 23.9. The lowest BCUT2D eigenvalue weighted by molar-refractivity contribution is -0.122. The number of fused-ring (bicyclic) bond motifs is 1. The van der Waals surface area contributed by atoms with Crippen LogP contribution in [0.1, 0.15) is 12.5 Å². The molecule has 6 nitrogen and oxygen atoms in total. The van der Waals surface area contributed by atoms with Crippen molar-refractivity contribution < 1.29 is 23.5 Å². The molecule has 0 saturated carbocycles. The Morgan fingerprint density at radius 2 is 2.12 bits per heavy atom. The van der Waals surface area contributed by atoms with E-state index in [-0.39, 0.29) is 11.7 Å². The number of anilines is 2. The largest absolute Gasteiger partial charge is 0.494 e. The fourth-order valence-electron chi connectivity index (χ4n) is 2.43. The molecule has 0 spiro atoms. The molecule has 0 bridgehead atoms. The van der Waals surface area contributed by atoms with Gasteiger partial charge in [-0.15, -0.1) is 0 Å². The number of rotatable bonds is 4. The number of carbonyl (C=O) groups excluding carboxylic acids is 2. The molecule has 26 heavy (non-hydrogen) atoms. The molecule has 2 N–H and O–H groups in total. The summed E-state index contributed by atoms with van der Waals surface area (Å²) in [6.45, 7) is 1.65. The minimum Gasteiger partial charge on any atom is -0.494 e. The summed E-state index contributed by atoms with van der Waals surface area (Å²) in [4.78, 5) is 23.7. The topological polar surface area (TPSA) is 76.7 Å². The van der Waals surface area contributed by atoms with E-state index in [0.717, 1.165) is 0 Å². The highest BCUT2D eigenvalue weighted by atomic mass is 19.1. The van der Waals surface area contributed by atoms with E-state index in [9.17, 15) is 14.0 Å². The van der Waals surface area contributed by atoms with Crippen LogP contribution in [0.4, 0.5) is 15.8 Å². The third kappa shape index (κ3) is 3.83. The van der Waals surface area contributed by atoms with E-state index < -0.39 is 17.8 Å². The van der Waals surface area contributed by atoms with Crippen molar-refractivity contribution in [2.75, 3.05) is 17.7 Å². The number of carbonyl (C=O) groups is 2. The summed E-state index contributed by atoms with van der Waals surface area (Å²) in [6, 6.07) is 9.34. The fraction of sp³-hybridized carbons (Fsp3) is 0.158. The summed E-state index contributed by atoms with van der Waals surface area (Å²) in [7, 11) is 1.38. The van der Waals surface area contributed by atoms with Crippen molar-refractivity contribution in [1.82, 2.24) is 0 Å². The highest BCUT2D eigenvalue weighted by Gasteiger charge is 2.23. The van der Waals surface area contributed by atoms with Crippen molar-refractivity contribution >= 4 is 29.3 Å². The van der Waals surface area contributed by atoms with Crippen molar-refractivity contribution in [3.63, 3.8) is 0 Å². The molecule has 0 unspecified atom stereocenters. The van der Waals surface area contributed by atoms with Crippen LogP contribution in [-0.4, -0.2) is 25.0 Å². The molecule has 2 aromatic carbocycles. The molecular weight excluding hydrogens is 339 g/mol. The van der Waals surface area contributed by atoms with Crippen LogP contribution in [0.25, 0.3) is 6.08 Å². The minimum atomic E-state index is -0.559. The number of halogens is 1. The van der Waals surface area contributed by atoms with Crippen molar-refractivity contribution in [3.8, 4) is 11.5 Å². The number of nitrogens with one attached hydrogen (secondary N) is 2. The number of hydrogen-bond donors (Lipinski definition) is 2. The first-order valence-electron chi connectivity index (χ1n) is 7.90. The van der Waals surface area contributed by atoms with E-state index in [1.54, 1.807) is 31.2 Å². The molecule has 0 aliphatic carbocycles. The first-order chi connectivity index (χ1) is 12.5. The predicted molar refractivity (Wildman–Crippen MR) is 95.8 cm³/mol. The highest BCUT2D eigenvalue weighted by molar-refractivity contribution is 6.03. The van der Waals surface area contributed by atoms with E-state index in [0.29, 0.717) is 22.7 Å². The third-order valence-electron chi connectivity index (χ3n) is 3.78. The molecule has 1 aliphatic rings. The lowest BCUT2D eigenvalue weighted by Gasteiger charge is -2.23. The van der Waals surface area contributed by atoms with E-state index in [1.165, 1.54) is 31.4 Å². The lowest BCUT2D eigenvalue weighted by atomic mass is 10.2. The van der Waals surface area contributed by atoms with Crippen LogP contribution in [0, 0.1) is 5.82 Å². The summed E-state index contributed by atoms with van der Waals surface area (Å²) in [5.74, 6) is -0.465. The van der Waals surface area contributed by atoms with Gasteiger partial charge in [0.2, 0.25) is 5.91 Å². The number of hydrogen-bond acceptors (Lipinski definition) is 4. The van der Waals surface area contributed by atoms with Gasteiger partial charge in [-0.25, -0.2) is 4.39 Å². The second-order valence-electron chi connectivity index (χ2n) is 5.68. The van der Waals surface area contributed by atoms with Crippen LogP contribution in [0.5, 0.6) is 11.5 Å². The van der Waals surface area contributed by atoms with Gasteiger partial charge in [0.25, 0.3) is 5.91 Å². The normalized spacial score (nSPS) is 15.8. The van der Waals surface area contributed by atoms with Crippen LogP contribution >= 0.6 is 0 Å². The minimum absolute atomic E-state index is 0.138. The maximum absolute atomic E-state index is 13.6. The molecule has 1 atom stereocenters. The zero-order valence-corrected chi connectivity index (χ0v) is 14.2. The molecule has 2 amide bonds. The fourth-order valence-corrected chi connectivity index (χ4v) is 2.43. The molecule has 0 saturated heterocycles. The standard InChI is InChI=1S/C19H17FN2O4/c1-11-19(24)22-15-10-13(5-7-17(15)26-11)21-18(23)8-4-12-3-6-16(25-2)14(20)9-12/h3-11H,1-2H3,(H,21,23)(H,22,24)/b8-4+/t11-/m0/s1. The Hall–Kier alpha value is -3.35. The monoisotopic (exact) mass is 356 g/mol. The zero-order chi connectivity index (χ0) is 18.7. The average molecular weight is 356 g/mol. The van der Waals surface area contributed by atoms with Crippen molar-refractivity contribution in [2.24, 2.45) is 0 Å². The molecule has 7 heteroatoms. The Morgan fingerprint density at radius 1 is 1.31 bits per heavy atom. The molecule has 3 rings (SSSR count). The Kier molecular flexibility index (Phi) is 4.88. The lowest BCUT2D eigenvalue weighted by Crippen LogP contribution is -2.34. The first kappa shape index (κ1) is 17.5. The van der Waals surface area contributed by atoms with E-state index in [1.807, 2.05) is 0 Å². The quantitative estimate of drug-likeness (QED) is 0.825. The van der Waals surface area contributed by atoms with Crippen molar-refractivity contribution in [1.29, 1.82) is 0 Å². The van der Waals surface area contributed by atoms with Gasteiger partial charge in [0, 0.05) is 11.8 Å². The van der Waals surface area contributed by atoms with E-state index >= 15 is 0 Å². The number of benzene rings is 2. The summed E-state index contributed by atoms with van der Waals surface area (Å²) in [6.07, 6.45) is 2.22. The van der Waals surface area contributed by atoms with E-state index in [2.05, 4.69) is 10.6 Å². The molecule has 1 aliphatic heterocycles. The zero-order valence-electron chi connectivity index (χ0n) is 14.2. The van der Waals surface area contributed by atoms with Gasteiger partial charge in [0.05, 0.1) is 12.8 Å². The summed E-state index contributed by atoms with van der Waals surface area (Å²) in [5.41, 5.74) is 1.52. The summed E-state index contributed by atoms with van der Waals surface area (Å²) >= 11 is 0. The van der Waals surface area contributed by atoms with Crippen molar-refractivity contribution in [2.45, 2.75) is 13.0 Å². The predicted octanol–water partition coefficient (Wildman–Crippen LogP) is 3.21. The number of methoxy groups -OCH3 is 1. The van der Waals surface area contributed by atoms with Gasteiger partial charge in [0.1, 0.15) is 5.75 Å². The van der Waals surface area contributed by atoms with Crippen molar-refractivity contribution in [3.05, 3.63) is 53.9 Å². The molecule has 2 aromatic rings. The van der Waals surface area contributed by atoms with Gasteiger partial charge in [-0.05, 0) is 48.9 Å². The van der Waals surface area contributed by atoms with Crippen LogP contribution < -0.4 is 20.1 Å². The molecule has 134 valence electrons. The van der Waals surface area contributed by atoms with Gasteiger partial charge in [-0.3, -0.25) is 9.59 Å². The smallest absolute Gasteiger partial charge is 0.265 e. The van der Waals surface area contributed by atoms with Gasteiger partial charge >= 0.3 is 0 Å². The van der Waals surface area contributed by atoms with Crippen LogP contribution in [0.3, 0.4) is 0 Å². The van der Waals surface area contributed by atoms with Crippen LogP contribution in [0.2, 0.25) is 0 Å². The Morgan fingerprint density at radius 3 is 2.85 bits per heavy atom. The SMILES string of the molecule is COc1ccc(/C=C/C(=O)Nc2ccc3c(c2)NC(=O)[C@H](C)O3)cc1F. The second-order valence-corrected chi connectivity index (χ2v) is 5.68. The molecular formula is C19H17FN2O4. The summed E-state index contributed by atoms with van der Waals surface area (Å²) in [5, 5.41) is 5.39.